The van der Waals surface area contributed by atoms with Crippen molar-refractivity contribution in [3.05, 3.63) is 63.6 Å². The Balaban J connectivity index is 2.46. The number of anilines is 1. The van der Waals surface area contributed by atoms with Crippen molar-refractivity contribution in [2.24, 2.45) is 5.92 Å². The molecule has 0 aromatic heterocycles. The Labute approximate surface area is 237 Å². The highest BCUT2D eigenvalue weighted by atomic mass is 35.5. The first-order valence-electron chi connectivity index (χ1n) is 12.6. The van der Waals surface area contributed by atoms with Crippen LogP contribution in [0.2, 0.25) is 10.0 Å². The number of hydrogen-bond acceptors (Lipinski definition) is 4. The van der Waals surface area contributed by atoms with Gasteiger partial charge in [-0.1, -0.05) is 82.9 Å². The predicted molar refractivity (Wildman–Crippen MR) is 156 cm³/mol. The van der Waals surface area contributed by atoms with E-state index in [1.165, 1.54) is 4.90 Å². The van der Waals surface area contributed by atoms with E-state index in [-0.39, 0.29) is 23.8 Å². The molecule has 1 unspecified atom stereocenters. The first kappa shape index (κ1) is 31.9. The summed E-state index contributed by atoms with van der Waals surface area (Å²) >= 11 is 12.3. The van der Waals surface area contributed by atoms with Gasteiger partial charge in [0.05, 0.1) is 22.0 Å². The fourth-order valence-corrected chi connectivity index (χ4v) is 5.09. The third kappa shape index (κ3) is 8.89. The van der Waals surface area contributed by atoms with E-state index in [1.807, 2.05) is 32.9 Å². The molecule has 0 radical (unpaired) electrons. The Bertz CT molecular complexity index is 1230. The Morgan fingerprint density at radius 1 is 1.00 bits per heavy atom. The number of halogens is 2. The molecule has 2 aromatic rings. The van der Waals surface area contributed by atoms with Crippen LogP contribution in [0, 0.1) is 5.92 Å². The molecule has 7 nitrogen and oxygen atoms in total. The lowest BCUT2D eigenvalue weighted by Crippen LogP contribution is -2.52. The van der Waals surface area contributed by atoms with Crippen LogP contribution in [0.3, 0.4) is 0 Å². The first-order valence-corrected chi connectivity index (χ1v) is 15.2. The Kier molecular flexibility index (Phi) is 11.1. The Morgan fingerprint density at radius 2 is 1.61 bits per heavy atom. The van der Waals surface area contributed by atoms with Gasteiger partial charge in [-0.2, -0.15) is 0 Å². The lowest BCUT2D eigenvalue weighted by molar-refractivity contribution is -0.140. The van der Waals surface area contributed by atoms with Gasteiger partial charge in [-0.15, -0.1) is 0 Å². The number of benzene rings is 2. The number of carbonyl (C=O) groups is 2. The van der Waals surface area contributed by atoms with E-state index in [0.717, 1.165) is 16.1 Å². The second-order valence-corrected chi connectivity index (χ2v) is 13.6. The van der Waals surface area contributed by atoms with Gasteiger partial charge in [0.2, 0.25) is 21.8 Å². The highest BCUT2D eigenvalue weighted by Gasteiger charge is 2.32. The normalized spacial score (nSPS) is 12.8. The van der Waals surface area contributed by atoms with E-state index < -0.39 is 28.5 Å². The number of rotatable bonds is 11. The van der Waals surface area contributed by atoms with Gasteiger partial charge in [0.1, 0.15) is 12.6 Å². The van der Waals surface area contributed by atoms with Gasteiger partial charge >= 0.3 is 0 Å². The van der Waals surface area contributed by atoms with Crippen molar-refractivity contribution in [1.29, 1.82) is 0 Å². The molecule has 38 heavy (non-hydrogen) atoms. The molecule has 0 aliphatic heterocycles. The maximum atomic E-state index is 13.8. The molecule has 1 atom stereocenters. The summed E-state index contributed by atoms with van der Waals surface area (Å²) in [5.74, 6) is -0.574. The average Bonchev–Trinajstić information content (AvgIpc) is 2.82. The first-order chi connectivity index (χ1) is 17.5. The van der Waals surface area contributed by atoms with Crippen LogP contribution in [0.5, 0.6) is 0 Å². The van der Waals surface area contributed by atoms with Gasteiger partial charge < -0.3 is 10.2 Å². The highest BCUT2D eigenvalue weighted by molar-refractivity contribution is 7.92. The quantitative estimate of drug-likeness (QED) is 0.371. The van der Waals surface area contributed by atoms with Gasteiger partial charge in [0.25, 0.3) is 0 Å². The second-order valence-electron chi connectivity index (χ2n) is 10.9. The summed E-state index contributed by atoms with van der Waals surface area (Å²) in [4.78, 5) is 28.3. The van der Waals surface area contributed by atoms with Crippen LogP contribution < -0.4 is 9.62 Å². The Morgan fingerprint density at radius 3 is 2.08 bits per heavy atom. The van der Waals surface area contributed by atoms with E-state index in [1.54, 1.807) is 30.3 Å². The van der Waals surface area contributed by atoms with Gasteiger partial charge in [0.15, 0.2) is 0 Å². The van der Waals surface area contributed by atoms with Gasteiger partial charge in [-0.05, 0) is 53.1 Å². The summed E-state index contributed by atoms with van der Waals surface area (Å²) in [6, 6.07) is 11.3. The fourth-order valence-electron chi connectivity index (χ4n) is 3.92. The smallest absolute Gasteiger partial charge is 0.244 e. The molecule has 2 aromatic carbocycles. The summed E-state index contributed by atoms with van der Waals surface area (Å²) in [5, 5.41) is 3.60. The maximum Gasteiger partial charge on any atom is 0.244 e. The van der Waals surface area contributed by atoms with Crippen molar-refractivity contribution in [2.75, 3.05) is 23.7 Å². The molecule has 0 spiro atoms. The predicted octanol–water partition coefficient (Wildman–Crippen LogP) is 5.64. The largest absolute Gasteiger partial charge is 0.354 e. The molecule has 0 saturated heterocycles. The zero-order valence-corrected chi connectivity index (χ0v) is 25.5. The number of sulfonamides is 1. The zero-order chi connectivity index (χ0) is 28.8. The van der Waals surface area contributed by atoms with Crippen molar-refractivity contribution in [3.63, 3.8) is 0 Å². The number of nitrogens with zero attached hydrogens (tertiary/aromatic N) is 2. The molecule has 0 aliphatic carbocycles. The topological polar surface area (TPSA) is 86.8 Å². The molecule has 2 rings (SSSR count). The van der Waals surface area contributed by atoms with Gasteiger partial charge in [0, 0.05) is 13.1 Å². The van der Waals surface area contributed by atoms with Crippen LogP contribution in [0.4, 0.5) is 5.69 Å². The van der Waals surface area contributed by atoms with E-state index in [2.05, 4.69) is 26.1 Å². The minimum absolute atomic E-state index is 0.0594. The fraction of sp³-hybridized carbons (Fsp3) is 0.500. The molecule has 0 bridgehead atoms. The average molecular weight is 585 g/mol. The third-order valence-electron chi connectivity index (χ3n) is 6.11. The van der Waals surface area contributed by atoms with Gasteiger partial charge in [-0.3, -0.25) is 13.9 Å². The summed E-state index contributed by atoms with van der Waals surface area (Å²) in [6.45, 7) is 12.0. The summed E-state index contributed by atoms with van der Waals surface area (Å²) in [5.41, 5.74) is 1.97. The number of carbonyl (C=O) groups excluding carboxylic acids is 2. The van der Waals surface area contributed by atoms with Crippen LogP contribution in [0.1, 0.15) is 59.1 Å². The lowest BCUT2D eigenvalue weighted by Gasteiger charge is -2.33. The molecule has 0 aliphatic rings. The van der Waals surface area contributed by atoms with E-state index in [9.17, 15) is 18.0 Å². The van der Waals surface area contributed by atoms with E-state index in [4.69, 9.17) is 23.2 Å². The second kappa shape index (κ2) is 13.2. The molecular formula is C28H39Cl2N3O4S. The van der Waals surface area contributed by atoms with Crippen molar-refractivity contribution in [1.82, 2.24) is 10.2 Å². The molecular weight excluding hydrogens is 545 g/mol. The van der Waals surface area contributed by atoms with Crippen molar-refractivity contribution in [2.45, 2.75) is 66.0 Å². The molecule has 0 heterocycles. The van der Waals surface area contributed by atoms with Crippen molar-refractivity contribution < 1.29 is 18.0 Å². The van der Waals surface area contributed by atoms with E-state index >= 15 is 0 Å². The summed E-state index contributed by atoms with van der Waals surface area (Å²) < 4.78 is 26.7. The van der Waals surface area contributed by atoms with Crippen LogP contribution in [-0.4, -0.2) is 50.5 Å². The third-order valence-corrected chi connectivity index (χ3v) is 7.99. The van der Waals surface area contributed by atoms with Gasteiger partial charge in [-0.25, -0.2) is 8.42 Å². The maximum absolute atomic E-state index is 13.8. The van der Waals surface area contributed by atoms with E-state index in [0.29, 0.717) is 34.3 Å². The molecule has 0 fully saturated rings. The minimum Gasteiger partial charge on any atom is -0.354 e. The van der Waals surface area contributed by atoms with Crippen LogP contribution in [0.25, 0.3) is 0 Å². The molecule has 0 saturated carbocycles. The van der Waals surface area contributed by atoms with Crippen LogP contribution in [0.15, 0.2) is 42.5 Å². The highest BCUT2D eigenvalue weighted by Crippen LogP contribution is 2.27. The lowest BCUT2D eigenvalue weighted by atomic mass is 9.87. The van der Waals surface area contributed by atoms with Crippen LogP contribution >= 0.6 is 23.2 Å². The number of amides is 2. The number of nitrogens with one attached hydrogen (secondary N) is 1. The summed E-state index contributed by atoms with van der Waals surface area (Å²) in [7, 11) is -3.81. The van der Waals surface area contributed by atoms with Crippen molar-refractivity contribution in [3.8, 4) is 0 Å². The molecule has 2 amide bonds. The standard InChI is InChI=1S/C28H39Cl2N3O4S/c1-8-25(27(35)31-16-19(2)3)32(17-20-9-14-23(29)24(30)15-20)26(34)18-33(38(7,36)37)22-12-10-21(11-13-22)28(4,5)6/h9-15,19,25H,8,16-18H2,1-7H3,(H,31,35). The SMILES string of the molecule is CCC(C(=O)NCC(C)C)N(Cc1ccc(Cl)c(Cl)c1)C(=O)CN(c1ccc(C(C)(C)C)cc1)S(C)(=O)=O. The minimum atomic E-state index is -3.81. The Hall–Kier alpha value is -2.29. The summed E-state index contributed by atoms with van der Waals surface area (Å²) in [6.07, 6.45) is 1.41. The van der Waals surface area contributed by atoms with Crippen LogP contribution in [-0.2, 0) is 31.6 Å². The zero-order valence-electron chi connectivity index (χ0n) is 23.2. The monoisotopic (exact) mass is 583 g/mol. The molecule has 10 heteroatoms. The molecule has 1 N–H and O–H groups in total. The number of hydrogen-bond donors (Lipinski definition) is 1. The van der Waals surface area contributed by atoms with Crippen molar-refractivity contribution >= 4 is 50.7 Å². The molecule has 210 valence electrons.